The molecule has 1 heterocycles. The van der Waals surface area contributed by atoms with E-state index in [1.165, 1.54) is 0 Å². The van der Waals surface area contributed by atoms with Crippen molar-refractivity contribution in [3.63, 3.8) is 0 Å². The summed E-state index contributed by atoms with van der Waals surface area (Å²) in [5.74, 6) is 0.634. The van der Waals surface area contributed by atoms with Crippen molar-refractivity contribution < 1.29 is 13.2 Å². The number of methoxy groups -OCH3 is 1. The zero-order valence-corrected chi connectivity index (χ0v) is 11.9. The Kier molecular flexibility index (Phi) is 5.00. The van der Waals surface area contributed by atoms with E-state index >= 15 is 0 Å². The van der Waals surface area contributed by atoms with Crippen molar-refractivity contribution in [2.45, 2.75) is 31.7 Å². The molecule has 2 rings (SSSR count). The molecule has 18 heavy (non-hydrogen) atoms. The highest BCUT2D eigenvalue weighted by Crippen LogP contribution is 2.31. The van der Waals surface area contributed by atoms with Gasteiger partial charge in [0.15, 0.2) is 0 Å². The van der Waals surface area contributed by atoms with Crippen molar-refractivity contribution in [1.82, 2.24) is 9.62 Å². The molecule has 0 spiro atoms. The van der Waals surface area contributed by atoms with Crippen LogP contribution in [0, 0.1) is 5.92 Å². The van der Waals surface area contributed by atoms with Crippen molar-refractivity contribution >= 4 is 10.0 Å². The summed E-state index contributed by atoms with van der Waals surface area (Å²) in [4.78, 5) is 0. The molecular formula is C12H24N2O3S. The van der Waals surface area contributed by atoms with E-state index in [0.29, 0.717) is 12.5 Å². The van der Waals surface area contributed by atoms with Gasteiger partial charge in [-0.25, -0.2) is 8.42 Å². The van der Waals surface area contributed by atoms with Crippen molar-refractivity contribution in [1.29, 1.82) is 0 Å². The first-order valence-electron chi connectivity index (χ1n) is 6.82. The molecule has 6 heteroatoms. The summed E-state index contributed by atoms with van der Waals surface area (Å²) in [5.41, 5.74) is 0. The minimum Gasteiger partial charge on any atom is -0.384 e. The second kappa shape index (κ2) is 6.32. The number of hydrogen-bond acceptors (Lipinski definition) is 4. The summed E-state index contributed by atoms with van der Waals surface area (Å²) >= 11 is 0. The van der Waals surface area contributed by atoms with E-state index in [9.17, 15) is 8.42 Å². The summed E-state index contributed by atoms with van der Waals surface area (Å²) in [6.45, 7) is 3.03. The highest BCUT2D eigenvalue weighted by Gasteiger charge is 2.38. The van der Waals surface area contributed by atoms with Gasteiger partial charge in [-0.05, 0) is 44.7 Å². The number of hydrogen-bond donors (Lipinski definition) is 1. The maximum Gasteiger partial charge on any atom is 0.216 e. The molecule has 2 fully saturated rings. The van der Waals surface area contributed by atoms with Crippen LogP contribution in [0.25, 0.3) is 0 Å². The van der Waals surface area contributed by atoms with Crippen LogP contribution < -0.4 is 5.32 Å². The Bertz CT molecular complexity index is 348. The Morgan fingerprint density at radius 1 is 1.22 bits per heavy atom. The zero-order chi connectivity index (χ0) is 13.0. The molecule has 0 atom stereocenters. The topological polar surface area (TPSA) is 58.6 Å². The monoisotopic (exact) mass is 276 g/mol. The van der Waals surface area contributed by atoms with E-state index in [4.69, 9.17) is 4.74 Å². The lowest BCUT2D eigenvalue weighted by molar-refractivity contribution is 0.214. The average molecular weight is 276 g/mol. The van der Waals surface area contributed by atoms with E-state index in [0.717, 1.165) is 38.8 Å². The van der Waals surface area contributed by atoms with Crippen LogP contribution in [0.2, 0.25) is 0 Å². The van der Waals surface area contributed by atoms with Crippen LogP contribution in [-0.2, 0) is 14.8 Å². The van der Waals surface area contributed by atoms with Gasteiger partial charge in [0.1, 0.15) is 0 Å². The SMILES string of the molecule is COCCS(=O)(=O)N(CC1CCNCC1)C1CC1. The number of nitrogens with one attached hydrogen (secondary N) is 1. The molecule has 2 aliphatic rings. The highest BCUT2D eigenvalue weighted by molar-refractivity contribution is 7.89. The van der Waals surface area contributed by atoms with Gasteiger partial charge in [-0.1, -0.05) is 0 Å². The molecule has 5 nitrogen and oxygen atoms in total. The predicted molar refractivity (Wildman–Crippen MR) is 71.0 cm³/mol. The van der Waals surface area contributed by atoms with Gasteiger partial charge in [-0.3, -0.25) is 0 Å². The van der Waals surface area contributed by atoms with Gasteiger partial charge in [0.25, 0.3) is 0 Å². The van der Waals surface area contributed by atoms with E-state index in [1.807, 2.05) is 0 Å². The number of nitrogens with zero attached hydrogens (tertiary/aromatic N) is 1. The van der Waals surface area contributed by atoms with Crippen LogP contribution in [-0.4, -0.2) is 57.9 Å². The molecular weight excluding hydrogens is 252 g/mol. The van der Waals surface area contributed by atoms with Gasteiger partial charge in [0, 0.05) is 19.7 Å². The molecule has 1 saturated carbocycles. The molecule has 0 unspecified atom stereocenters. The molecule has 0 aromatic heterocycles. The molecule has 1 saturated heterocycles. The first-order chi connectivity index (χ1) is 8.63. The fraction of sp³-hybridized carbons (Fsp3) is 1.00. The second-order valence-corrected chi connectivity index (χ2v) is 7.34. The summed E-state index contributed by atoms with van der Waals surface area (Å²) in [5, 5.41) is 3.32. The number of rotatable bonds is 7. The van der Waals surface area contributed by atoms with Crippen LogP contribution in [0.3, 0.4) is 0 Å². The van der Waals surface area contributed by atoms with Crippen LogP contribution in [0.4, 0.5) is 0 Å². The minimum atomic E-state index is -3.13. The Labute approximate surface area is 110 Å². The van der Waals surface area contributed by atoms with Gasteiger partial charge in [-0.15, -0.1) is 0 Å². The molecule has 0 amide bonds. The Hall–Kier alpha value is -0.170. The predicted octanol–water partition coefficient (Wildman–Crippen LogP) is 0.427. The lowest BCUT2D eigenvalue weighted by Crippen LogP contribution is -2.42. The molecule has 0 aromatic carbocycles. The second-order valence-electron chi connectivity index (χ2n) is 5.30. The summed E-state index contributed by atoms with van der Waals surface area (Å²) in [6, 6.07) is 0.266. The average Bonchev–Trinajstić information content (AvgIpc) is 3.19. The van der Waals surface area contributed by atoms with E-state index in [2.05, 4.69) is 5.32 Å². The van der Waals surface area contributed by atoms with Gasteiger partial charge < -0.3 is 10.1 Å². The Balaban J connectivity index is 1.94. The maximum absolute atomic E-state index is 12.3. The van der Waals surface area contributed by atoms with Crippen LogP contribution >= 0.6 is 0 Å². The van der Waals surface area contributed by atoms with Crippen molar-refractivity contribution in [3.8, 4) is 0 Å². The standard InChI is InChI=1S/C12H24N2O3S/c1-17-8-9-18(15,16)14(12-2-3-12)10-11-4-6-13-7-5-11/h11-13H,2-10H2,1H3. The highest BCUT2D eigenvalue weighted by atomic mass is 32.2. The summed E-state index contributed by atoms with van der Waals surface area (Å²) in [7, 11) is -1.59. The van der Waals surface area contributed by atoms with E-state index in [-0.39, 0.29) is 18.4 Å². The Morgan fingerprint density at radius 3 is 2.44 bits per heavy atom. The van der Waals surface area contributed by atoms with Crippen molar-refractivity contribution in [2.75, 3.05) is 39.1 Å². The third kappa shape index (κ3) is 3.91. The fourth-order valence-electron chi connectivity index (χ4n) is 2.48. The molecule has 106 valence electrons. The smallest absolute Gasteiger partial charge is 0.216 e. The van der Waals surface area contributed by atoms with Crippen LogP contribution in [0.15, 0.2) is 0 Å². The third-order valence-corrected chi connectivity index (χ3v) is 5.60. The summed E-state index contributed by atoms with van der Waals surface area (Å²) < 4.78 is 31.2. The lowest BCUT2D eigenvalue weighted by atomic mass is 9.98. The molecule has 0 aromatic rings. The maximum atomic E-state index is 12.3. The van der Waals surface area contributed by atoms with Gasteiger partial charge in [0.2, 0.25) is 10.0 Å². The minimum absolute atomic E-state index is 0.116. The van der Waals surface area contributed by atoms with E-state index < -0.39 is 10.0 Å². The summed E-state index contributed by atoms with van der Waals surface area (Å²) in [6.07, 6.45) is 4.22. The third-order valence-electron chi connectivity index (χ3n) is 3.75. The molecule has 1 N–H and O–H groups in total. The van der Waals surface area contributed by atoms with Crippen LogP contribution in [0.1, 0.15) is 25.7 Å². The largest absolute Gasteiger partial charge is 0.384 e. The Morgan fingerprint density at radius 2 is 1.89 bits per heavy atom. The molecule has 0 radical (unpaired) electrons. The lowest BCUT2D eigenvalue weighted by Gasteiger charge is -2.29. The quantitative estimate of drug-likeness (QED) is 0.732. The van der Waals surface area contributed by atoms with Crippen molar-refractivity contribution in [3.05, 3.63) is 0 Å². The first-order valence-corrected chi connectivity index (χ1v) is 8.43. The first kappa shape index (κ1) is 14.2. The van der Waals surface area contributed by atoms with Crippen molar-refractivity contribution in [2.24, 2.45) is 5.92 Å². The zero-order valence-electron chi connectivity index (χ0n) is 11.1. The van der Waals surface area contributed by atoms with Gasteiger partial charge in [0.05, 0.1) is 12.4 Å². The molecule has 1 aliphatic carbocycles. The number of ether oxygens (including phenoxy) is 1. The van der Waals surface area contributed by atoms with Crippen LogP contribution in [0.5, 0.6) is 0 Å². The fourth-order valence-corrected chi connectivity index (χ4v) is 4.19. The van der Waals surface area contributed by atoms with Gasteiger partial charge in [-0.2, -0.15) is 4.31 Å². The number of piperidine rings is 1. The normalized spacial score (nSPS) is 22.6. The molecule has 1 aliphatic heterocycles. The van der Waals surface area contributed by atoms with Gasteiger partial charge >= 0.3 is 0 Å². The molecule has 0 bridgehead atoms. The van der Waals surface area contributed by atoms with E-state index in [1.54, 1.807) is 11.4 Å². The number of sulfonamides is 1.